The van der Waals surface area contributed by atoms with Crippen LogP contribution in [-0.2, 0) is 14.4 Å². The average molecular weight is 362 g/mol. The Morgan fingerprint density at radius 3 is 2.08 bits per heavy atom. The SMILES string of the molecule is CCCCCNC(CCC(N)=O)C(=O)O.NCCCCC(N)C(=O)O. The molecule has 0 aromatic carbocycles. The summed E-state index contributed by atoms with van der Waals surface area (Å²) in [6.07, 6.45) is 5.67. The minimum Gasteiger partial charge on any atom is -0.480 e. The van der Waals surface area contributed by atoms with Crippen molar-refractivity contribution in [1.29, 1.82) is 0 Å². The lowest BCUT2D eigenvalue weighted by atomic mass is 10.1. The summed E-state index contributed by atoms with van der Waals surface area (Å²) in [6.45, 7) is 3.36. The van der Waals surface area contributed by atoms with Crippen LogP contribution in [0.5, 0.6) is 0 Å². The maximum absolute atomic E-state index is 10.8. The van der Waals surface area contributed by atoms with Gasteiger partial charge in [0.15, 0.2) is 0 Å². The number of primary amides is 1. The first kappa shape index (κ1) is 25.5. The van der Waals surface area contributed by atoms with Crippen LogP contribution in [0.2, 0.25) is 0 Å². The van der Waals surface area contributed by atoms with E-state index in [0.717, 1.165) is 32.1 Å². The van der Waals surface area contributed by atoms with Gasteiger partial charge in [-0.3, -0.25) is 14.4 Å². The molecule has 9 N–H and O–H groups in total. The monoisotopic (exact) mass is 362 g/mol. The molecule has 0 aliphatic heterocycles. The van der Waals surface area contributed by atoms with Crippen molar-refractivity contribution in [3.63, 3.8) is 0 Å². The number of carboxylic acid groups (broad SMARTS) is 2. The van der Waals surface area contributed by atoms with Crippen LogP contribution in [0.4, 0.5) is 0 Å². The first-order valence-corrected chi connectivity index (χ1v) is 8.69. The molecule has 0 radical (unpaired) electrons. The highest BCUT2D eigenvalue weighted by Crippen LogP contribution is 1.99. The topological polar surface area (TPSA) is 182 Å². The molecule has 0 fully saturated rings. The predicted octanol–water partition coefficient (Wildman–Crippen LogP) is 0.0122. The Bertz CT molecular complexity index is 380. The van der Waals surface area contributed by atoms with Crippen LogP contribution in [0, 0.1) is 0 Å². The smallest absolute Gasteiger partial charge is 0.320 e. The number of carbonyl (C=O) groups excluding carboxylic acids is 1. The highest BCUT2D eigenvalue weighted by Gasteiger charge is 2.16. The minimum absolute atomic E-state index is 0.109. The molecule has 0 aromatic heterocycles. The van der Waals surface area contributed by atoms with Gasteiger partial charge in [-0.15, -0.1) is 0 Å². The molecule has 0 rings (SSSR count). The molecular formula is C16H34N4O5. The molecule has 148 valence electrons. The molecule has 0 aliphatic rings. The number of carbonyl (C=O) groups is 3. The zero-order valence-electron chi connectivity index (χ0n) is 15.1. The van der Waals surface area contributed by atoms with Crippen molar-refractivity contribution >= 4 is 17.8 Å². The molecule has 2 unspecified atom stereocenters. The van der Waals surface area contributed by atoms with Crippen molar-refractivity contribution in [1.82, 2.24) is 5.32 Å². The quantitative estimate of drug-likeness (QED) is 0.233. The van der Waals surface area contributed by atoms with Crippen molar-refractivity contribution in [2.45, 2.75) is 70.4 Å². The number of aliphatic carboxylic acids is 2. The number of hydrogen-bond donors (Lipinski definition) is 6. The van der Waals surface area contributed by atoms with Crippen LogP contribution in [0.15, 0.2) is 0 Å². The summed E-state index contributed by atoms with van der Waals surface area (Å²) in [5, 5.41) is 20.1. The lowest BCUT2D eigenvalue weighted by molar-refractivity contribution is -0.140. The first-order valence-electron chi connectivity index (χ1n) is 8.69. The highest BCUT2D eigenvalue weighted by molar-refractivity contribution is 5.77. The summed E-state index contributed by atoms with van der Waals surface area (Å²) in [4.78, 5) is 31.4. The molecule has 1 amide bonds. The number of amides is 1. The van der Waals surface area contributed by atoms with Crippen molar-refractivity contribution in [3.8, 4) is 0 Å². The normalized spacial score (nSPS) is 12.6. The van der Waals surface area contributed by atoms with E-state index in [0.29, 0.717) is 19.5 Å². The number of rotatable bonds is 14. The largest absolute Gasteiger partial charge is 0.480 e. The molecule has 0 aliphatic carbocycles. The Morgan fingerprint density at radius 2 is 1.64 bits per heavy atom. The number of unbranched alkanes of at least 4 members (excludes halogenated alkanes) is 3. The maximum Gasteiger partial charge on any atom is 0.320 e. The van der Waals surface area contributed by atoms with Gasteiger partial charge < -0.3 is 32.7 Å². The number of nitrogens with two attached hydrogens (primary N) is 3. The molecule has 9 nitrogen and oxygen atoms in total. The molecule has 0 saturated heterocycles. The van der Waals surface area contributed by atoms with E-state index in [-0.39, 0.29) is 12.8 Å². The summed E-state index contributed by atoms with van der Waals surface area (Å²) >= 11 is 0. The van der Waals surface area contributed by atoms with Crippen LogP contribution < -0.4 is 22.5 Å². The molecule has 0 heterocycles. The zero-order chi connectivity index (χ0) is 19.7. The molecule has 0 spiro atoms. The molecule has 9 heteroatoms. The van der Waals surface area contributed by atoms with Gasteiger partial charge in [0.1, 0.15) is 12.1 Å². The van der Waals surface area contributed by atoms with Crippen LogP contribution in [0.3, 0.4) is 0 Å². The first-order chi connectivity index (χ1) is 11.8. The Labute approximate surface area is 149 Å². The Morgan fingerprint density at radius 1 is 1.00 bits per heavy atom. The number of hydrogen-bond acceptors (Lipinski definition) is 6. The van der Waals surface area contributed by atoms with Crippen molar-refractivity contribution in [3.05, 3.63) is 0 Å². The van der Waals surface area contributed by atoms with E-state index in [2.05, 4.69) is 12.2 Å². The van der Waals surface area contributed by atoms with E-state index in [1.54, 1.807) is 0 Å². The van der Waals surface area contributed by atoms with Gasteiger partial charge in [0.2, 0.25) is 5.91 Å². The van der Waals surface area contributed by atoms with E-state index in [4.69, 9.17) is 27.4 Å². The average Bonchev–Trinajstić information content (AvgIpc) is 2.54. The van der Waals surface area contributed by atoms with Gasteiger partial charge in [0, 0.05) is 6.42 Å². The second-order valence-corrected chi connectivity index (χ2v) is 5.79. The second kappa shape index (κ2) is 17.1. The summed E-state index contributed by atoms with van der Waals surface area (Å²) in [6, 6.07) is -1.37. The van der Waals surface area contributed by atoms with Gasteiger partial charge in [-0.05, 0) is 38.8 Å². The van der Waals surface area contributed by atoms with Gasteiger partial charge in [0.05, 0.1) is 0 Å². The molecule has 0 saturated carbocycles. The maximum atomic E-state index is 10.8. The van der Waals surface area contributed by atoms with E-state index < -0.39 is 29.9 Å². The fourth-order valence-electron chi connectivity index (χ4n) is 1.88. The van der Waals surface area contributed by atoms with Crippen LogP contribution in [0.1, 0.15) is 58.3 Å². The summed E-state index contributed by atoms with van der Waals surface area (Å²) in [5.41, 5.74) is 15.4. The number of nitrogens with one attached hydrogen (secondary N) is 1. The third-order valence-electron chi connectivity index (χ3n) is 3.44. The lowest BCUT2D eigenvalue weighted by Crippen LogP contribution is -2.38. The fourth-order valence-corrected chi connectivity index (χ4v) is 1.88. The van der Waals surface area contributed by atoms with E-state index >= 15 is 0 Å². The van der Waals surface area contributed by atoms with Gasteiger partial charge in [-0.25, -0.2) is 0 Å². The Kier molecular flexibility index (Phi) is 17.5. The van der Waals surface area contributed by atoms with Crippen molar-refractivity contribution in [2.75, 3.05) is 13.1 Å². The van der Waals surface area contributed by atoms with Crippen LogP contribution in [-0.4, -0.2) is 53.2 Å². The van der Waals surface area contributed by atoms with Crippen molar-refractivity contribution < 1.29 is 24.6 Å². The highest BCUT2D eigenvalue weighted by atomic mass is 16.4. The van der Waals surface area contributed by atoms with Crippen LogP contribution >= 0.6 is 0 Å². The van der Waals surface area contributed by atoms with Crippen LogP contribution in [0.25, 0.3) is 0 Å². The van der Waals surface area contributed by atoms with E-state index in [1.165, 1.54) is 0 Å². The van der Waals surface area contributed by atoms with Gasteiger partial charge in [-0.1, -0.05) is 26.2 Å². The third-order valence-corrected chi connectivity index (χ3v) is 3.44. The standard InChI is InChI=1S/C10H20N2O3.C6H14N2O2/c1-2-3-4-7-12-8(10(14)15)5-6-9(11)13;7-4-2-1-3-5(8)6(9)10/h8,12H,2-7H2,1H3,(H2,11,13)(H,14,15);5H,1-4,7-8H2,(H,9,10). The summed E-state index contributed by atoms with van der Waals surface area (Å²) in [7, 11) is 0. The van der Waals surface area contributed by atoms with Crippen molar-refractivity contribution in [2.24, 2.45) is 17.2 Å². The van der Waals surface area contributed by atoms with E-state index in [1.807, 2.05) is 0 Å². The lowest BCUT2D eigenvalue weighted by Gasteiger charge is -2.13. The Balaban J connectivity index is 0. The molecule has 0 bridgehead atoms. The second-order valence-electron chi connectivity index (χ2n) is 5.79. The summed E-state index contributed by atoms with van der Waals surface area (Å²) in [5.74, 6) is -2.32. The Hall–Kier alpha value is -1.71. The number of carboxylic acids is 2. The molecule has 0 aromatic rings. The van der Waals surface area contributed by atoms with Gasteiger partial charge in [-0.2, -0.15) is 0 Å². The van der Waals surface area contributed by atoms with E-state index in [9.17, 15) is 14.4 Å². The zero-order valence-corrected chi connectivity index (χ0v) is 15.1. The minimum atomic E-state index is -0.933. The third kappa shape index (κ3) is 18.5. The van der Waals surface area contributed by atoms with Gasteiger partial charge in [0.25, 0.3) is 0 Å². The fraction of sp³-hybridized carbons (Fsp3) is 0.812. The van der Waals surface area contributed by atoms with Gasteiger partial charge >= 0.3 is 11.9 Å². The molecular weight excluding hydrogens is 328 g/mol. The molecule has 25 heavy (non-hydrogen) atoms. The molecule has 2 atom stereocenters. The predicted molar refractivity (Wildman–Crippen MR) is 95.9 cm³/mol. The summed E-state index contributed by atoms with van der Waals surface area (Å²) < 4.78 is 0.